The Morgan fingerprint density at radius 2 is 1.61 bits per heavy atom. The van der Waals surface area contributed by atoms with E-state index in [0.29, 0.717) is 50.3 Å². The number of carboxylic acids is 2. The van der Waals surface area contributed by atoms with E-state index >= 15 is 0 Å². The van der Waals surface area contributed by atoms with E-state index in [9.17, 15) is 19.2 Å². The summed E-state index contributed by atoms with van der Waals surface area (Å²) >= 11 is 7.90. The fraction of sp³-hybridized carbons (Fsp3) is 0.433. The SMILES string of the molecule is COc1cc2sc(C(=O)CC(C)C(=O)O)cc2nc1OCCCOc1c(OC)cc2c(c1Cl)CN(C(=O)CC(C)C(=O)O)C2. The number of carbonyl (C=O) groups is 4. The summed E-state index contributed by atoms with van der Waals surface area (Å²) in [5.74, 6) is -2.80. The molecule has 3 aromatic rings. The van der Waals surface area contributed by atoms with Gasteiger partial charge in [-0.15, -0.1) is 11.3 Å². The number of benzene rings is 1. The molecule has 0 saturated heterocycles. The highest BCUT2D eigenvalue weighted by Gasteiger charge is 2.30. The highest BCUT2D eigenvalue weighted by molar-refractivity contribution is 7.20. The van der Waals surface area contributed by atoms with Gasteiger partial charge in [0.15, 0.2) is 23.0 Å². The van der Waals surface area contributed by atoms with E-state index in [2.05, 4.69) is 4.98 Å². The van der Waals surface area contributed by atoms with Crippen molar-refractivity contribution in [2.75, 3.05) is 27.4 Å². The van der Waals surface area contributed by atoms with Gasteiger partial charge in [-0.2, -0.15) is 0 Å². The van der Waals surface area contributed by atoms with E-state index < -0.39 is 23.8 Å². The molecule has 1 aliphatic rings. The van der Waals surface area contributed by atoms with Crippen molar-refractivity contribution in [3.8, 4) is 23.1 Å². The molecule has 0 radical (unpaired) electrons. The predicted molar refractivity (Wildman–Crippen MR) is 161 cm³/mol. The maximum Gasteiger partial charge on any atom is 0.306 e. The Kier molecular flexibility index (Phi) is 10.5. The second kappa shape index (κ2) is 14.1. The summed E-state index contributed by atoms with van der Waals surface area (Å²) in [6, 6.07) is 5.12. The fourth-order valence-corrected chi connectivity index (χ4v) is 5.90. The van der Waals surface area contributed by atoms with E-state index in [1.165, 1.54) is 39.4 Å². The third-order valence-electron chi connectivity index (χ3n) is 7.18. The highest BCUT2D eigenvalue weighted by atomic mass is 35.5. The molecule has 0 saturated carbocycles. The molecule has 236 valence electrons. The number of hydrogen-bond acceptors (Lipinski definition) is 10. The van der Waals surface area contributed by atoms with Gasteiger partial charge in [0.1, 0.15) is 0 Å². The van der Waals surface area contributed by atoms with Gasteiger partial charge in [-0.3, -0.25) is 19.2 Å². The molecular formula is C30H33ClN2O10S. The lowest BCUT2D eigenvalue weighted by Crippen LogP contribution is -2.28. The second-order valence-electron chi connectivity index (χ2n) is 10.5. The van der Waals surface area contributed by atoms with Crippen LogP contribution in [0.25, 0.3) is 10.2 Å². The molecule has 0 aliphatic carbocycles. The molecule has 14 heteroatoms. The molecule has 2 N–H and O–H groups in total. The van der Waals surface area contributed by atoms with E-state index in [1.807, 2.05) is 0 Å². The molecule has 3 heterocycles. The van der Waals surface area contributed by atoms with Crippen LogP contribution in [0.2, 0.25) is 5.02 Å². The van der Waals surface area contributed by atoms with Gasteiger partial charge >= 0.3 is 11.9 Å². The summed E-state index contributed by atoms with van der Waals surface area (Å²) in [5.41, 5.74) is 2.07. The standard InChI is InChI=1S/C30H33ClN2O10S/c1-15(29(36)37)8-20(34)24-11-19-23(44-24)12-22(41-4)28(32-19)43-7-5-6-42-27-21(40-3)10-17-13-33(14-18(17)26(27)31)25(35)9-16(2)30(38)39/h10-12,15-16H,5-9,13-14H2,1-4H3,(H,36,37)(H,38,39). The van der Waals surface area contributed by atoms with Crippen molar-refractivity contribution in [3.63, 3.8) is 0 Å². The van der Waals surface area contributed by atoms with Crippen LogP contribution in [0, 0.1) is 11.8 Å². The van der Waals surface area contributed by atoms with Gasteiger partial charge in [-0.05, 0) is 23.3 Å². The van der Waals surface area contributed by atoms with Crippen LogP contribution in [0.15, 0.2) is 18.2 Å². The van der Waals surface area contributed by atoms with E-state index in [-0.39, 0.29) is 50.2 Å². The van der Waals surface area contributed by atoms with Crippen LogP contribution >= 0.6 is 22.9 Å². The lowest BCUT2D eigenvalue weighted by atomic mass is 10.0. The summed E-state index contributed by atoms with van der Waals surface area (Å²) in [7, 11) is 2.97. The topological polar surface area (TPSA) is 162 Å². The number of aromatic nitrogens is 1. The number of pyridine rings is 1. The molecule has 1 aromatic carbocycles. The van der Waals surface area contributed by atoms with Crippen LogP contribution in [0.1, 0.15) is 53.9 Å². The number of nitrogens with zero attached hydrogens (tertiary/aromatic N) is 2. The highest BCUT2D eigenvalue weighted by Crippen LogP contribution is 2.43. The normalized spacial score (nSPS) is 13.7. The molecule has 0 bridgehead atoms. The number of carboxylic acid groups (broad SMARTS) is 2. The van der Waals surface area contributed by atoms with Gasteiger partial charge in [-0.25, -0.2) is 4.98 Å². The van der Waals surface area contributed by atoms with Crippen LogP contribution in [-0.2, 0) is 27.5 Å². The van der Waals surface area contributed by atoms with E-state index in [1.54, 1.807) is 23.1 Å². The number of carbonyl (C=O) groups excluding carboxylic acids is 2. The Labute approximate surface area is 262 Å². The van der Waals surface area contributed by atoms with E-state index in [4.69, 9.17) is 40.8 Å². The van der Waals surface area contributed by atoms with Crippen LogP contribution in [-0.4, -0.2) is 71.2 Å². The largest absolute Gasteiger partial charge is 0.493 e. The number of amides is 1. The number of fused-ring (bicyclic) bond motifs is 2. The molecule has 4 rings (SSSR count). The van der Waals surface area contributed by atoms with Gasteiger partial charge in [0.25, 0.3) is 5.88 Å². The Morgan fingerprint density at radius 1 is 0.955 bits per heavy atom. The number of Topliss-reactive ketones (excluding diaryl/α,β-unsaturated/α-hetero) is 1. The lowest BCUT2D eigenvalue weighted by molar-refractivity contribution is -0.145. The number of hydrogen-bond donors (Lipinski definition) is 2. The molecule has 2 aromatic heterocycles. The summed E-state index contributed by atoms with van der Waals surface area (Å²) in [6.45, 7) is 3.96. The molecule has 44 heavy (non-hydrogen) atoms. The number of aliphatic carboxylic acids is 2. The molecule has 1 aliphatic heterocycles. The third kappa shape index (κ3) is 7.33. The van der Waals surface area contributed by atoms with Crippen LogP contribution in [0.4, 0.5) is 0 Å². The molecule has 0 spiro atoms. The molecule has 1 amide bonds. The molecule has 2 unspecified atom stereocenters. The second-order valence-corrected chi connectivity index (χ2v) is 11.9. The maximum absolute atomic E-state index is 12.6. The summed E-state index contributed by atoms with van der Waals surface area (Å²) in [4.78, 5) is 54.0. The number of thiophene rings is 1. The summed E-state index contributed by atoms with van der Waals surface area (Å²) in [5, 5.41) is 18.6. The van der Waals surface area contributed by atoms with Crippen molar-refractivity contribution in [1.82, 2.24) is 9.88 Å². The van der Waals surface area contributed by atoms with Crippen LogP contribution in [0.5, 0.6) is 23.1 Å². The predicted octanol–water partition coefficient (Wildman–Crippen LogP) is 5.06. The zero-order valence-corrected chi connectivity index (χ0v) is 26.2. The average Bonchev–Trinajstić information content (AvgIpc) is 3.61. The number of ether oxygens (including phenoxy) is 4. The van der Waals surface area contributed by atoms with Crippen molar-refractivity contribution in [1.29, 1.82) is 0 Å². The number of rotatable bonds is 15. The average molecular weight is 649 g/mol. The van der Waals surface area contributed by atoms with Gasteiger partial charge in [0.2, 0.25) is 5.91 Å². The Morgan fingerprint density at radius 3 is 2.27 bits per heavy atom. The fourth-order valence-electron chi connectivity index (χ4n) is 4.59. The minimum Gasteiger partial charge on any atom is -0.493 e. The first-order valence-corrected chi connectivity index (χ1v) is 15.0. The van der Waals surface area contributed by atoms with Crippen molar-refractivity contribution < 1.29 is 48.3 Å². The Balaban J connectivity index is 1.37. The zero-order valence-electron chi connectivity index (χ0n) is 24.7. The molecule has 2 atom stereocenters. The van der Waals surface area contributed by atoms with Crippen LogP contribution in [0.3, 0.4) is 0 Å². The van der Waals surface area contributed by atoms with Gasteiger partial charge in [0.05, 0.1) is 59.4 Å². The first kappa shape index (κ1) is 32.8. The molecular weight excluding hydrogens is 616 g/mol. The summed E-state index contributed by atoms with van der Waals surface area (Å²) in [6.07, 6.45) is 0.230. The smallest absolute Gasteiger partial charge is 0.306 e. The number of halogens is 1. The van der Waals surface area contributed by atoms with Gasteiger partial charge in [0, 0.05) is 38.4 Å². The van der Waals surface area contributed by atoms with E-state index in [0.717, 1.165) is 11.1 Å². The first-order valence-electron chi connectivity index (χ1n) is 13.8. The quantitative estimate of drug-likeness (QED) is 0.167. The number of ketones is 1. The third-order valence-corrected chi connectivity index (χ3v) is 8.70. The minimum atomic E-state index is -1.03. The zero-order chi connectivity index (χ0) is 32.1. The van der Waals surface area contributed by atoms with Crippen molar-refractivity contribution in [2.45, 2.75) is 46.2 Å². The van der Waals surface area contributed by atoms with Crippen molar-refractivity contribution >= 4 is 56.8 Å². The van der Waals surface area contributed by atoms with Crippen molar-refractivity contribution in [2.24, 2.45) is 11.8 Å². The first-order chi connectivity index (χ1) is 20.9. The Hall–Kier alpha value is -4.10. The maximum atomic E-state index is 12.6. The molecule has 0 fully saturated rings. The minimum absolute atomic E-state index is 0.105. The molecule has 12 nitrogen and oxygen atoms in total. The lowest BCUT2D eigenvalue weighted by Gasteiger charge is -2.17. The van der Waals surface area contributed by atoms with Gasteiger partial charge < -0.3 is 34.1 Å². The van der Waals surface area contributed by atoms with Gasteiger partial charge in [-0.1, -0.05) is 25.4 Å². The van der Waals surface area contributed by atoms with Crippen LogP contribution < -0.4 is 18.9 Å². The Bertz CT molecular complexity index is 1590. The van der Waals surface area contributed by atoms with Crippen molar-refractivity contribution in [3.05, 3.63) is 39.2 Å². The monoisotopic (exact) mass is 648 g/mol. The number of methoxy groups -OCH3 is 2. The summed E-state index contributed by atoms with van der Waals surface area (Å²) < 4.78 is 23.5.